The predicted octanol–water partition coefficient (Wildman–Crippen LogP) is 4.09. The van der Waals surface area contributed by atoms with Crippen molar-refractivity contribution in [3.63, 3.8) is 0 Å². The Labute approximate surface area is 124 Å². The smallest absolute Gasteiger partial charge is 0.224 e. The van der Waals surface area contributed by atoms with E-state index in [1.165, 1.54) is 12.1 Å². The molecule has 0 unspecified atom stereocenters. The standard InChI is InChI=1S/C17H19FN2O/c1-3-17(21)20-15-8-7-12(2)16(10-15)19-11-13-5-4-6-14(18)9-13/h4-10,19H,3,11H2,1-2H3,(H,20,21). The molecule has 0 bridgehead atoms. The highest BCUT2D eigenvalue weighted by molar-refractivity contribution is 5.91. The van der Waals surface area contributed by atoms with Gasteiger partial charge in [0.15, 0.2) is 0 Å². The number of carbonyl (C=O) groups is 1. The average molecular weight is 286 g/mol. The Bertz CT molecular complexity index is 640. The van der Waals surface area contributed by atoms with E-state index in [4.69, 9.17) is 0 Å². The molecule has 0 spiro atoms. The van der Waals surface area contributed by atoms with Crippen molar-refractivity contribution in [2.24, 2.45) is 0 Å². The van der Waals surface area contributed by atoms with Crippen LogP contribution in [-0.4, -0.2) is 5.91 Å². The molecular formula is C17H19FN2O. The van der Waals surface area contributed by atoms with Gasteiger partial charge in [-0.3, -0.25) is 4.79 Å². The van der Waals surface area contributed by atoms with E-state index in [1.807, 2.05) is 38.1 Å². The maximum absolute atomic E-state index is 13.1. The number of amides is 1. The molecule has 21 heavy (non-hydrogen) atoms. The van der Waals surface area contributed by atoms with Crippen molar-refractivity contribution in [3.05, 3.63) is 59.4 Å². The molecule has 0 saturated heterocycles. The van der Waals surface area contributed by atoms with Gasteiger partial charge in [-0.25, -0.2) is 4.39 Å². The van der Waals surface area contributed by atoms with Gasteiger partial charge in [-0.1, -0.05) is 25.1 Å². The maximum atomic E-state index is 13.1. The van der Waals surface area contributed by atoms with E-state index in [9.17, 15) is 9.18 Å². The van der Waals surface area contributed by atoms with E-state index in [-0.39, 0.29) is 11.7 Å². The van der Waals surface area contributed by atoms with Crippen LogP contribution in [0.3, 0.4) is 0 Å². The summed E-state index contributed by atoms with van der Waals surface area (Å²) in [5.74, 6) is -0.259. The minimum absolute atomic E-state index is 0.0186. The second kappa shape index (κ2) is 6.88. The van der Waals surface area contributed by atoms with Crippen LogP contribution in [0.25, 0.3) is 0 Å². The fraction of sp³-hybridized carbons (Fsp3) is 0.235. The first-order valence-electron chi connectivity index (χ1n) is 6.97. The Balaban J connectivity index is 2.08. The molecule has 0 atom stereocenters. The number of hydrogen-bond donors (Lipinski definition) is 2. The highest BCUT2D eigenvalue weighted by Crippen LogP contribution is 2.21. The van der Waals surface area contributed by atoms with Gasteiger partial charge in [-0.15, -0.1) is 0 Å². The van der Waals surface area contributed by atoms with E-state index < -0.39 is 0 Å². The van der Waals surface area contributed by atoms with Crippen molar-refractivity contribution >= 4 is 17.3 Å². The molecule has 0 aliphatic rings. The van der Waals surface area contributed by atoms with E-state index in [0.717, 1.165) is 22.5 Å². The minimum atomic E-state index is -0.241. The Morgan fingerprint density at radius 3 is 2.71 bits per heavy atom. The van der Waals surface area contributed by atoms with Gasteiger partial charge in [-0.2, -0.15) is 0 Å². The van der Waals surface area contributed by atoms with Gasteiger partial charge in [-0.05, 0) is 42.3 Å². The van der Waals surface area contributed by atoms with Gasteiger partial charge in [0.1, 0.15) is 5.82 Å². The van der Waals surface area contributed by atoms with Crippen molar-refractivity contribution in [2.45, 2.75) is 26.8 Å². The zero-order valence-electron chi connectivity index (χ0n) is 12.2. The lowest BCUT2D eigenvalue weighted by Crippen LogP contribution is -2.10. The van der Waals surface area contributed by atoms with Crippen molar-refractivity contribution in [2.75, 3.05) is 10.6 Å². The number of hydrogen-bond acceptors (Lipinski definition) is 2. The number of rotatable bonds is 5. The van der Waals surface area contributed by atoms with Gasteiger partial charge in [0.25, 0.3) is 0 Å². The topological polar surface area (TPSA) is 41.1 Å². The van der Waals surface area contributed by atoms with Crippen LogP contribution in [-0.2, 0) is 11.3 Å². The number of aryl methyl sites for hydroxylation is 1. The van der Waals surface area contributed by atoms with Crippen LogP contribution >= 0.6 is 0 Å². The largest absolute Gasteiger partial charge is 0.381 e. The van der Waals surface area contributed by atoms with Crippen LogP contribution in [0.15, 0.2) is 42.5 Å². The van der Waals surface area contributed by atoms with E-state index in [2.05, 4.69) is 10.6 Å². The molecule has 0 radical (unpaired) electrons. The lowest BCUT2D eigenvalue weighted by molar-refractivity contribution is -0.115. The number of benzene rings is 2. The van der Waals surface area contributed by atoms with Crippen molar-refractivity contribution in [1.82, 2.24) is 0 Å². The van der Waals surface area contributed by atoms with Crippen LogP contribution in [0.2, 0.25) is 0 Å². The number of anilines is 2. The number of nitrogens with one attached hydrogen (secondary N) is 2. The van der Waals surface area contributed by atoms with E-state index >= 15 is 0 Å². The van der Waals surface area contributed by atoms with E-state index in [1.54, 1.807) is 6.07 Å². The summed E-state index contributed by atoms with van der Waals surface area (Å²) in [6.07, 6.45) is 0.444. The Kier molecular flexibility index (Phi) is 4.93. The number of halogens is 1. The summed E-state index contributed by atoms with van der Waals surface area (Å²) in [5.41, 5.74) is 3.63. The normalized spacial score (nSPS) is 10.2. The Morgan fingerprint density at radius 2 is 2.00 bits per heavy atom. The molecule has 0 fully saturated rings. The van der Waals surface area contributed by atoms with Crippen molar-refractivity contribution in [1.29, 1.82) is 0 Å². The fourth-order valence-corrected chi connectivity index (χ4v) is 1.98. The first kappa shape index (κ1) is 15.0. The van der Waals surface area contributed by atoms with Gasteiger partial charge in [0.2, 0.25) is 5.91 Å². The summed E-state index contributed by atoms with van der Waals surface area (Å²) >= 11 is 0. The molecular weight excluding hydrogens is 267 g/mol. The van der Waals surface area contributed by atoms with Gasteiger partial charge >= 0.3 is 0 Å². The molecule has 0 aliphatic heterocycles. The first-order valence-corrected chi connectivity index (χ1v) is 6.97. The van der Waals surface area contributed by atoms with Gasteiger partial charge in [0.05, 0.1) is 0 Å². The molecule has 0 heterocycles. The molecule has 2 aromatic rings. The average Bonchev–Trinajstić information content (AvgIpc) is 2.47. The van der Waals surface area contributed by atoms with Crippen LogP contribution in [0.1, 0.15) is 24.5 Å². The second-order valence-electron chi connectivity index (χ2n) is 4.91. The molecule has 0 saturated carbocycles. The quantitative estimate of drug-likeness (QED) is 0.869. The number of carbonyl (C=O) groups excluding carboxylic acids is 1. The minimum Gasteiger partial charge on any atom is -0.381 e. The van der Waals surface area contributed by atoms with E-state index in [0.29, 0.717) is 13.0 Å². The summed E-state index contributed by atoms with van der Waals surface area (Å²) < 4.78 is 13.1. The summed E-state index contributed by atoms with van der Waals surface area (Å²) in [5, 5.41) is 6.10. The Hall–Kier alpha value is -2.36. The third-order valence-corrected chi connectivity index (χ3v) is 3.21. The summed E-state index contributed by atoms with van der Waals surface area (Å²) in [4.78, 5) is 11.4. The van der Waals surface area contributed by atoms with Crippen molar-refractivity contribution in [3.8, 4) is 0 Å². The zero-order valence-corrected chi connectivity index (χ0v) is 12.2. The van der Waals surface area contributed by atoms with Crippen LogP contribution in [0.5, 0.6) is 0 Å². The lowest BCUT2D eigenvalue weighted by atomic mass is 10.1. The van der Waals surface area contributed by atoms with Crippen LogP contribution in [0.4, 0.5) is 15.8 Å². The zero-order chi connectivity index (χ0) is 15.2. The Morgan fingerprint density at radius 1 is 1.19 bits per heavy atom. The maximum Gasteiger partial charge on any atom is 0.224 e. The van der Waals surface area contributed by atoms with Crippen molar-refractivity contribution < 1.29 is 9.18 Å². The first-order chi connectivity index (χ1) is 10.1. The predicted molar refractivity (Wildman–Crippen MR) is 83.8 cm³/mol. The SMILES string of the molecule is CCC(=O)Nc1ccc(C)c(NCc2cccc(F)c2)c1. The highest BCUT2D eigenvalue weighted by atomic mass is 19.1. The summed E-state index contributed by atoms with van der Waals surface area (Å²) in [6.45, 7) is 4.33. The monoisotopic (exact) mass is 286 g/mol. The third-order valence-electron chi connectivity index (χ3n) is 3.21. The second-order valence-corrected chi connectivity index (χ2v) is 4.91. The van der Waals surface area contributed by atoms with Gasteiger partial charge < -0.3 is 10.6 Å². The fourth-order valence-electron chi connectivity index (χ4n) is 1.98. The highest BCUT2D eigenvalue weighted by Gasteiger charge is 2.03. The molecule has 0 aromatic heterocycles. The molecule has 2 aromatic carbocycles. The summed E-state index contributed by atoms with van der Waals surface area (Å²) in [6, 6.07) is 12.2. The molecule has 3 nitrogen and oxygen atoms in total. The molecule has 110 valence electrons. The molecule has 2 N–H and O–H groups in total. The summed E-state index contributed by atoms with van der Waals surface area (Å²) in [7, 11) is 0. The van der Waals surface area contributed by atoms with Gasteiger partial charge in [0, 0.05) is 24.3 Å². The molecule has 0 aliphatic carbocycles. The molecule has 4 heteroatoms. The molecule has 1 amide bonds. The lowest BCUT2D eigenvalue weighted by Gasteiger charge is -2.12. The molecule has 2 rings (SSSR count). The van der Waals surface area contributed by atoms with Crippen LogP contribution in [0, 0.1) is 12.7 Å². The van der Waals surface area contributed by atoms with Crippen LogP contribution < -0.4 is 10.6 Å². The third kappa shape index (κ3) is 4.31.